The molecule has 140 valence electrons. The Kier molecular flexibility index (Phi) is 3.35. The summed E-state index contributed by atoms with van der Waals surface area (Å²) < 4.78 is 5.45. The first-order chi connectivity index (χ1) is 12.5. The molecule has 3 heterocycles. The van der Waals surface area contributed by atoms with Gasteiger partial charge in [-0.3, -0.25) is 4.90 Å². The van der Waals surface area contributed by atoms with Crippen molar-refractivity contribution in [1.29, 1.82) is 0 Å². The first-order valence-electron chi connectivity index (χ1n) is 9.70. The van der Waals surface area contributed by atoms with E-state index in [9.17, 15) is 10.2 Å². The van der Waals surface area contributed by atoms with Crippen LogP contribution < -0.4 is 9.64 Å². The van der Waals surface area contributed by atoms with E-state index < -0.39 is 17.6 Å². The van der Waals surface area contributed by atoms with Crippen LogP contribution in [0.4, 0.5) is 5.69 Å². The molecule has 5 nitrogen and oxygen atoms in total. The highest BCUT2D eigenvalue weighted by Crippen LogP contribution is 2.64. The number of nitrogens with zero attached hydrogens (tertiary/aromatic N) is 2. The van der Waals surface area contributed by atoms with Crippen LogP contribution in [0.15, 0.2) is 30.4 Å². The molecule has 3 unspecified atom stereocenters. The number of hydrogen-bond acceptors (Lipinski definition) is 5. The van der Waals surface area contributed by atoms with Crippen molar-refractivity contribution in [2.75, 3.05) is 32.1 Å². The summed E-state index contributed by atoms with van der Waals surface area (Å²) in [5.74, 6) is 0.834. The maximum Gasteiger partial charge on any atom is 0.120 e. The molecule has 2 N–H and O–H groups in total. The molecule has 5 heteroatoms. The topological polar surface area (TPSA) is 56.2 Å². The van der Waals surface area contributed by atoms with E-state index >= 15 is 0 Å². The van der Waals surface area contributed by atoms with E-state index in [2.05, 4.69) is 41.0 Å². The van der Waals surface area contributed by atoms with Crippen LogP contribution in [0.3, 0.4) is 0 Å². The van der Waals surface area contributed by atoms with Crippen LogP contribution in [-0.2, 0) is 5.41 Å². The van der Waals surface area contributed by atoms with Gasteiger partial charge in [0.15, 0.2) is 0 Å². The molecule has 5 rings (SSSR count). The van der Waals surface area contributed by atoms with Gasteiger partial charge in [-0.2, -0.15) is 0 Å². The monoisotopic (exact) mass is 356 g/mol. The van der Waals surface area contributed by atoms with Gasteiger partial charge in [0.25, 0.3) is 0 Å². The number of ether oxygens (including phenoxy) is 1. The highest BCUT2D eigenvalue weighted by Gasteiger charge is 2.72. The number of fused-ring (bicyclic) bond motifs is 1. The third kappa shape index (κ3) is 1.63. The van der Waals surface area contributed by atoms with E-state index in [1.165, 1.54) is 5.56 Å². The molecule has 6 atom stereocenters. The highest BCUT2D eigenvalue weighted by atomic mass is 16.5. The quantitative estimate of drug-likeness (QED) is 0.787. The first-order valence-corrected chi connectivity index (χ1v) is 9.70. The SMILES string of the molecule is CC[C@]12C=CCN3CCC4(c5ccc(OC)cc5N(C)C4[C@H](O)[C@@H]1O)C32. The van der Waals surface area contributed by atoms with E-state index in [1.54, 1.807) is 7.11 Å². The molecule has 0 amide bonds. The van der Waals surface area contributed by atoms with E-state index in [0.717, 1.165) is 37.4 Å². The Morgan fingerprint density at radius 1 is 1.31 bits per heavy atom. The molecule has 1 aromatic rings. The molecule has 1 aliphatic carbocycles. The molecule has 0 aromatic heterocycles. The van der Waals surface area contributed by atoms with Gasteiger partial charge in [-0.05, 0) is 31.0 Å². The summed E-state index contributed by atoms with van der Waals surface area (Å²) in [5.41, 5.74) is 1.88. The van der Waals surface area contributed by atoms with Gasteiger partial charge in [0.05, 0.1) is 19.3 Å². The van der Waals surface area contributed by atoms with Gasteiger partial charge in [0.1, 0.15) is 11.9 Å². The third-order valence-electron chi connectivity index (χ3n) is 7.78. The molecule has 1 aromatic carbocycles. The summed E-state index contributed by atoms with van der Waals surface area (Å²) in [7, 11) is 3.74. The Bertz CT molecular complexity index is 781. The molecular formula is C21H28N2O3. The van der Waals surface area contributed by atoms with Gasteiger partial charge in [0.2, 0.25) is 0 Å². The smallest absolute Gasteiger partial charge is 0.120 e. The molecule has 2 fully saturated rings. The van der Waals surface area contributed by atoms with E-state index in [0.29, 0.717) is 0 Å². The van der Waals surface area contributed by atoms with Crippen molar-refractivity contribution in [2.45, 2.75) is 49.5 Å². The van der Waals surface area contributed by atoms with E-state index in [4.69, 9.17) is 4.74 Å². The number of anilines is 1. The minimum atomic E-state index is -0.780. The van der Waals surface area contributed by atoms with Crippen molar-refractivity contribution in [3.8, 4) is 5.75 Å². The minimum absolute atomic E-state index is 0.110. The van der Waals surface area contributed by atoms with E-state index in [-0.39, 0.29) is 17.5 Å². The lowest BCUT2D eigenvalue weighted by Gasteiger charge is -2.60. The minimum Gasteiger partial charge on any atom is -0.497 e. The molecule has 1 spiro atoms. The standard InChI is InChI=1S/C21H28N2O3/c1-4-20-8-5-10-23-11-9-21(19(20)23)14-7-6-13(26-3)12-15(14)22(2)17(21)16(24)18(20)25/h5-8,12,16-19,24-25H,4,9-11H2,1-3H3/t16-,17?,18-,19?,20-,21?/m0/s1. The predicted molar refractivity (Wildman–Crippen MR) is 101 cm³/mol. The third-order valence-corrected chi connectivity index (χ3v) is 7.78. The average Bonchev–Trinajstić information content (AvgIpc) is 3.17. The van der Waals surface area contributed by atoms with Gasteiger partial charge in [0, 0.05) is 42.2 Å². The molecule has 0 bridgehead atoms. The number of hydrogen-bond donors (Lipinski definition) is 2. The zero-order valence-corrected chi connectivity index (χ0v) is 15.7. The van der Waals surface area contributed by atoms with Crippen molar-refractivity contribution in [3.05, 3.63) is 35.9 Å². The van der Waals surface area contributed by atoms with Crippen molar-refractivity contribution < 1.29 is 14.9 Å². The number of rotatable bonds is 2. The van der Waals surface area contributed by atoms with Crippen LogP contribution in [0, 0.1) is 5.41 Å². The molecule has 4 aliphatic rings. The Morgan fingerprint density at radius 2 is 2.12 bits per heavy atom. The molecule has 3 aliphatic heterocycles. The molecule has 26 heavy (non-hydrogen) atoms. The molecule has 0 radical (unpaired) electrons. The Balaban J connectivity index is 1.78. The summed E-state index contributed by atoms with van der Waals surface area (Å²) in [6.07, 6.45) is 4.69. The first kappa shape index (κ1) is 16.6. The summed E-state index contributed by atoms with van der Waals surface area (Å²) in [5, 5.41) is 22.5. The van der Waals surface area contributed by atoms with Crippen LogP contribution in [0.2, 0.25) is 0 Å². The molecular weight excluding hydrogens is 328 g/mol. The van der Waals surface area contributed by atoms with Gasteiger partial charge >= 0.3 is 0 Å². The fourth-order valence-electron chi connectivity index (χ4n) is 6.81. The second-order valence-corrected chi connectivity index (χ2v) is 8.43. The lowest BCUT2D eigenvalue weighted by atomic mass is 9.51. The Labute approximate surface area is 154 Å². The normalized spacial score (nSPS) is 43.2. The zero-order valence-electron chi connectivity index (χ0n) is 15.7. The number of likely N-dealkylation sites (N-methyl/N-ethyl adjacent to an activating group) is 1. The lowest BCUT2D eigenvalue weighted by Crippen LogP contribution is -2.73. The number of benzene rings is 1. The maximum atomic E-state index is 11.3. The Hall–Kier alpha value is -1.56. The fourth-order valence-corrected chi connectivity index (χ4v) is 6.81. The number of aliphatic hydroxyl groups excluding tert-OH is 2. The van der Waals surface area contributed by atoms with E-state index in [1.807, 2.05) is 13.1 Å². The second-order valence-electron chi connectivity index (χ2n) is 8.43. The predicted octanol–water partition coefficient (Wildman–Crippen LogP) is 1.53. The largest absolute Gasteiger partial charge is 0.497 e. The van der Waals surface area contributed by atoms with Crippen LogP contribution in [0.25, 0.3) is 0 Å². The summed E-state index contributed by atoms with van der Waals surface area (Å²) in [6, 6.07) is 6.41. The fraction of sp³-hybridized carbons (Fsp3) is 0.619. The summed E-state index contributed by atoms with van der Waals surface area (Å²) >= 11 is 0. The van der Waals surface area contributed by atoms with Gasteiger partial charge in [-0.1, -0.05) is 25.1 Å². The molecule has 1 saturated carbocycles. The van der Waals surface area contributed by atoms with Gasteiger partial charge < -0.3 is 19.8 Å². The van der Waals surface area contributed by atoms with Crippen LogP contribution in [-0.4, -0.2) is 66.7 Å². The highest BCUT2D eigenvalue weighted by molar-refractivity contribution is 5.69. The van der Waals surface area contributed by atoms with Gasteiger partial charge in [-0.25, -0.2) is 0 Å². The van der Waals surface area contributed by atoms with Crippen molar-refractivity contribution in [1.82, 2.24) is 4.90 Å². The van der Waals surface area contributed by atoms with Gasteiger partial charge in [-0.15, -0.1) is 0 Å². The van der Waals surface area contributed by atoms with Crippen molar-refractivity contribution >= 4 is 5.69 Å². The Morgan fingerprint density at radius 3 is 2.85 bits per heavy atom. The summed E-state index contributed by atoms with van der Waals surface area (Å²) in [4.78, 5) is 4.71. The zero-order chi connectivity index (χ0) is 18.3. The number of methoxy groups -OCH3 is 1. The maximum absolute atomic E-state index is 11.3. The second kappa shape index (κ2) is 5.24. The lowest BCUT2D eigenvalue weighted by molar-refractivity contribution is -0.139. The summed E-state index contributed by atoms with van der Waals surface area (Å²) in [6.45, 7) is 4.08. The van der Waals surface area contributed by atoms with Crippen LogP contribution in [0.5, 0.6) is 5.75 Å². The van der Waals surface area contributed by atoms with Crippen molar-refractivity contribution in [2.24, 2.45) is 5.41 Å². The van der Waals surface area contributed by atoms with Crippen molar-refractivity contribution in [3.63, 3.8) is 0 Å². The average molecular weight is 356 g/mol. The van der Waals surface area contributed by atoms with Crippen LogP contribution in [0.1, 0.15) is 25.3 Å². The number of aliphatic hydroxyl groups is 2. The van der Waals surface area contributed by atoms with Crippen LogP contribution >= 0.6 is 0 Å². The molecule has 1 saturated heterocycles.